The molecule has 1 aromatic heterocycles. The molecule has 0 saturated heterocycles. The maximum atomic E-state index is 12.8. The summed E-state index contributed by atoms with van der Waals surface area (Å²) in [5.41, 5.74) is 2.58. The van der Waals surface area contributed by atoms with Crippen LogP contribution in [0.5, 0.6) is 0 Å². The number of hydrogen-bond acceptors (Lipinski definition) is 4. The fraction of sp³-hybridized carbons (Fsp3) is 0.111. The van der Waals surface area contributed by atoms with E-state index in [9.17, 15) is 4.79 Å². The average Bonchev–Trinajstić information content (AvgIpc) is 3.15. The molecule has 3 aromatic rings. The Morgan fingerprint density at radius 2 is 1.96 bits per heavy atom. The number of rotatable bonds is 2. The molecule has 4 nitrogen and oxygen atoms in total. The molecule has 2 aromatic carbocycles. The van der Waals surface area contributed by atoms with E-state index in [-0.39, 0.29) is 5.91 Å². The molecule has 0 saturated carbocycles. The summed E-state index contributed by atoms with van der Waals surface area (Å²) < 4.78 is 5.27. The number of aromatic nitrogens is 1. The third kappa shape index (κ3) is 2.64. The summed E-state index contributed by atoms with van der Waals surface area (Å²) in [6.45, 7) is 0.727. The number of para-hydroxylation sites is 1. The van der Waals surface area contributed by atoms with E-state index in [4.69, 9.17) is 4.42 Å². The SMILES string of the molecule is O=C(c1ccc(-c2cnco2)cc1)N1CCSc2ccccc21. The van der Waals surface area contributed by atoms with Crippen molar-refractivity contribution in [2.75, 3.05) is 17.2 Å². The highest BCUT2D eigenvalue weighted by Crippen LogP contribution is 2.35. The lowest BCUT2D eigenvalue weighted by atomic mass is 10.1. The molecule has 0 atom stereocenters. The second-order valence-electron chi connectivity index (χ2n) is 5.22. The molecule has 0 spiro atoms. The van der Waals surface area contributed by atoms with Gasteiger partial charge < -0.3 is 9.32 Å². The first kappa shape index (κ1) is 14.1. The number of anilines is 1. The largest absolute Gasteiger partial charge is 0.444 e. The first-order valence-electron chi connectivity index (χ1n) is 7.35. The highest BCUT2D eigenvalue weighted by atomic mass is 32.2. The van der Waals surface area contributed by atoms with Gasteiger partial charge in [-0.3, -0.25) is 4.79 Å². The van der Waals surface area contributed by atoms with Crippen LogP contribution in [0.4, 0.5) is 5.69 Å². The van der Waals surface area contributed by atoms with Crippen molar-refractivity contribution in [1.29, 1.82) is 0 Å². The van der Waals surface area contributed by atoms with E-state index in [1.165, 1.54) is 6.39 Å². The van der Waals surface area contributed by atoms with Crippen molar-refractivity contribution in [3.8, 4) is 11.3 Å². The molecule has 114 valence electrons. The molecule has 1 aliphatic heterocycles. The van der Waals surface area contributed by atoms with Crippen molar-refractivity contribution in [2.24, 2.45) is 0 Å². The van der Waals surface area contributed by atoms with Gasteiger partial charge in [0.15, 0.2) is 12.2 Å². The first-order chi connectivity index (χ1) is 11.3. The summed E-state index contributed by atoms with van der Waals surface area (Å²) >= 11 is 1.79. The van der Waals surface area contributed by atoms with Gasteiger partial charge in [-0.25, -0.2) is 4.98 Å². The smallest absolute Gasteiger partial charge is 0.258 e. The van der Waals surface area contributed by atoms with E-state index >= 15 is 0 Å². The third-order valence-electron chi connectivity index (χ3n) is 3.82. The molecule has 0 bridgehead atoms. The molecule has 0 fully saturated rings. The maximum absolute atomic E-state index is 12.8. The first-order valence-corrected chi connectivity index (χ1v) is 8.34. The average molecular weight is 322 g/mol. The van der Waals surface area contributed by atoms with Crippen LogP contribution in [0, 0.1) is 0 Å². The van der Waals surface area contributed by atoms with Crippen LogP contribution in [0.15, 0.2) is 70.4 Å². The normalized spacial score (nSPS) is 13.7. The number of hydrogen-bond donors (Lipinski definition) is 0. The van der Waals surface area contributed by atoms with Crippen molar-refractivity contribution in [2.45, 2.75) is 4.90 Å². The summed E-state index contributed by atoms with van der Waals surface area (Å²) in [4.78, 5) is 19.8. The molecule has 0 radical (unpaired) electrons. The van der Waals surface area contributed by atoms with Gasteiger partial charge in [-0.2, -0.15) is 0 Å². The lowest BCUT2D eigenvalue weighted by Gasteiger charge is -2.29. The van der Waals surface area contributed by atoms with Gasteiger partial charge in [0.25, 0.3) is 5.91 Å². The molecule has 23 heavy (non-hydrogen) atoms. The summed E-state index contributed by atoms with van der Waals surface area (Å²) in [6.07, 6.45) is 3.06. The molecule has 4 rings (SSSR count). The summed E-state index contributed by atoms with van der Waals surface area (Å²) in [6, 6.07) is 15.5. The monoisotopic (exact) mass is 322 g/mol. The molecule has 0 unspecified atom stereocenters. The van der Waals surface area contributed by atoms with E-state index in [2.05, 4.69) is 11.1 Å². The van der Waals surface area contributed by atoms with Gasteiger partial charge in [0.1, 0.15) is 0 Å². The van der Waals surface area contributed by atoms with Crippen LogP contribution in [0.3, 0.4) is 0 Å². The quantitative estimate of drug-likeness (QED) is 0.713. The van der Waals surface area contributed by atoms with Crippen molar-refractivity contribution >= 4 is 23.4 Å². The molecule has 0 aliphatic carbocycles. The van der Waals surface area contributed by atoms with Crippen LogP contribution >= 0.6 is 11.8 Å². The molecule has 1 aliphatic rings. The van der Waals surface area contributed by atoms with E-state index in [1.807, 2.05) is 47.4 Å². The Hall–Kier alpha value is -2.53. The van der Waals surface area contributed by atoms with Crippen LogP contribution in [-0.4, -0.2) is 23.2 Å². The zero-order chi connectivity index (χ0) is 15.6. The zero-order valence-electron chi connectivity index (χ0n) is 12.3. The van der Waals surface area contributed by atoms with Gasteiger partial charge in [0.05, 0.1) is 11.9 Å². The number of nitrogens with zero attached hydrogens (tertiary/aromatic N) is 2. The van der Waals surface area contributed by atoms with E-state index in [0.29, 0.717) is 11.3 Å². The van der Waals surface area contributed by atoms with Crippen molar-refractivity contribution in [3.05, 3.63) is 66.7 Å². The van der Waals surface area contributed by atoms with Gasteiger partial charge in [-0.05, 0) is 24.3 Å². The van der Waals surface area contributed by atoms with Gasteiger partial charge in [-0.1, -0.05) is 24.3 Å². The Kier molecular flexibility index (Phi) is 3.63. The molecule has 5 heteroatoms. The highest BCUT2D eigenvalue weighted by Gasteiger charge is 2.23. The molecule has 1 amide bonds. The van der Waals surface area contributed by atoms with Crippen LogP contribution < -0.4 is 4.90 Å². The Balaban J connectivity index is 1.63. The lowest BCUT2D eigenvalue weighted by Crippen LogP contribution is -2.35. The summed E-state index contributed by atoms with van der Waals surface area (Å²) in [5.74, 6) is 1.64. The van der Waals surface area contributed by atoms with Gasteiger partial charge >= 0.3 is 0 Å². The Bertz CT molecular complexity index is 828. The molecular weight excluding hydrogens is 308 g/mol. The van der Waals surface area contributed by atoms with E-state index in [1.54, 1.807) is 18.0 Å². The fourth-order valence-corrected chi connectivity index (χ4v) is 3.67. The number of amides is 1. The van der Waals surface area contributed by atoms with E-state index in [0.717, 1.165) is 28.4 Å². The van der Waals surface area contributed by atoms with Crippen LogP contribution in [0.2, 0.25) is 0 Å². The minimum absolute atomic E-state index is 0.0295. The fourth-order valence-electron chi connectivity index (χ4n) is 2.67. The minimum atomic E-state index is 0.0295. The van der Waals surface area contributed by atoms with Crippen LogP contribution in [0.25, 0.3) is 11.3 Å². The number of benzene rings is 2. The number of oxazole rings is 1. The van der Waals surface area contributed by atoms with Crippen molar-refractivity contribution < 1.29 is 9.21 Å². The number of carbonyl (C=O) groups excluding carboxylic acids is 1. The maximum Gasteiger partial charge on any atom is 0.258 e. The van der Waals surface area contributed by atoms with Gasteiger partial charge in [0.2, 0.25) is 0 Å². The molecular formula is C18H14N2O2S. The van der Waals surface area contributed by atoms with E-state index < -0.39 is 0 Å². The predicted octanol–water partition coefficient (Wildman–Crippen LogP) is 4.09. The zero-order valence-corrected chi connectivity index (χ0v) is 13.1. The van der Waals surface area contributed by atoms with Crippen molar-refractivity contribution in [3.63, 3.8) is 0 Å². The van der Waals surface area contributed by atoms with Gasteiger partial charge in [0, 0.05) is 28.3 Å². The van der Waals surface area contributed by atoms with Crippen LogP contribution in [-0.2, 0) is 0 Å². The van der Waals surface area contributed by atoms with Gasteiger partial charge in [-0.15, -0.1) is 11.8 Å². The molecule has 2 heterocycles. The minimum Gasteiger partial charge on any atom is -0.444 e. The highest BCUT2D eigenvalue weighted by molar-refractivity contribution is 7.99. The summed E-state index contributed by atoms with van der Waals surface area (Å²) in [5, 5.41) is 0. The topological polar surface area (TPSA) is 46.3 Å². The summed E-state index contributed by atoms with van der Waals surface area (Å²) in [7, 11) is 0. The standard InChI is InChI=1S/C18H14N2O2S/c21-18(20-9-10-23-17-4-2-1-3-15(17)20)14-7-5-13(6-8-14)16-11-19-12-22-16/h1-8,11-12H,9-10H2. The Labute approximate surface area is 138 Å². The third-order valence-corrected chi connectivity index (χ3v) is 4.87. The Morgan fingerprint density at radius 3 is 2.74 bits per heavy atom. The number of thioether (sulfide) groups is 1. The van der Waals surface area contributed by atoms with Crippen LogP contribution in [0.1, 0.15) is 10.4 Å². The predicted molar refractivity (Wildman–Crippen MR) is 90.8 cm³/mol. The second kappa shape index (κ2) is 5.93. The lowest BCUT2D eigenvalue weighted by molar-refractivity contribution is 0.0987. The molecule has 0 N–H and O–H groups in total. The Morgan fingerprint density at radius 1 is 1.13 bits per heavy atom. The number of fused-ring (bicyclic) bond motifs is 1. The second-order valence-corrected chi connectivity index (χ2v) is 6.35. The van der Waals surface area contributed by atoms with Crippen molar-refractivity contribution in [1.82, 2.24) is 4.98 Å². The number of carbonyl (C=O) groups is 1.